The van der Waals surface area contributed by atoms with Gasteiger partial charge < -0.3 is 0 Å². The smallest absolute Gasteiger partial charge is 0.269 e. The molecule has 0 aliphatic rings. The molecule has 1 heterocycles. The molecule has 1 aromatic heterocycles. The zero-order chi connectivity index (χ0) is 14.9. The van der Waals surface area contributed by atoms with Crippen LogP contribution in [0.15, 0.2) is 23.0 Å². The maximum Gasteiger partial charge on any atom is 0.269 e. The number of hydrogen-bond acceptors (Lipinski definition) is 3. The van der Waals surface area contributed by atoms with E-state index in [1.165, 1.54) is 16.7 Å². The molecule has 1 aromatic carbocycles. The molecule has 0 saturated carbocycles. The summed E-state index contributed by atoms with van der Waals surface area (Å²) < 4.78 is 15.0. The van der Waals surface area contributed by atoms with Gasteiger partial charge >= 0.3 is 0 Å². The molecule has 4 nitrogen and oxygen atoms in total. The van der Waals surface area contributed by atoms with Crippen LogP contribution >= 0.6 is 0 Å². The van der Waals surface area contributed by atoms with Crippen molar-refractivity contribution in [2.24, 2.45) is 7.05 Å². The Morgan fingerprint density at radius 1 is 1.45 bits per heavy atom. The second-order valence-corrected chi connectivity index (χ2v) is 4.20. The maximum atomic E-state index is 13.7. The zero-order valence-corrected chi connectivity index (χ0v) is 10.9. The number of halogens is 1. The van der Waals surface area contributed by atoms with Crippen molar-refractivity contribution in [1.82, 2.24) is 9.55 Å². The summed E-state index contributed by atoms with van der Waals surface area (Å²) in [5.41, 5.74) is 0.255. The van der Waals surface area contributed by atoms with Gasteiger partial charge in [-0.2, -0.15) is 5.26 Å². The molecule has 0 radical (unpaired) electrons. The number of aryl methyl sites for hydroxylation is 1. The first-order chi connectivity index (χ1) is 9.49. The molecule has 0 unspecified atom stereocenters. The minimum Gasteiger partial charge on any atom is -0.299 e. The van der Waals surface area contributed by atoms with Crippen LogP contribution in [0.4, 0.5) is 4.39 Å². The summed E-state index contributed by atoms with van der Waals surface area (Å²) in [6.07, 6.45) is 5.35. The normalized spacial score (nSPS) is 9.85. The monoisotopic (exact) mass is 267 g/mol. The molecule has 0 bridgehead atoms. The zero-order valence-electron chi connectivity index (χ0n) is 10.9. The van der Waals surface area contributed by atoms with E-state index in [0.717, 1.165) is 6.07 Å². The van der Waals surface area contributed by atoms with E-state index in [1.807, 2.05) is 0 Å². The summed E-state index contributed by atoms with van der Waals surface area (Å²) in [6, 6.07) is 5.74. The second kappa shape index (κ2) is 4.99. The van der Waals surface area contributed by atoms with Crippen LogP contribution < -0.4 is 5.56 Å². The predicted octanol–water partition coefficient (Wildman–Crippen LogP) is 1.75. The van der Waals surface area contributed by atoms with Gasteiger partial charge in [0.05, 0.1) is 11.3 Å². The molecule has 0 amide bonds. The van der Waals surface area contributed by atoms with Gasteiger partial charge in [-0.05, 0) is 19.1 Å². The summed E-state index contributed by atoms with van der Waals surface area (Å²) in [4.78, 5) is 16.3. The molecule has 0 N–H and O–H groups in total. The summed E-state index contributed by atoms with van der Waals surface area (Å²) in [5, 5.41) is 8.71. The van der Waals surface area contributed by atoms with E-state index < -0.39 is 5.82 Å². The van der Waals surface area contributed by atoms with Crippen molar-refractivity contribution in [2.75, 3.05) is 0 Å². The third-order valence-electron chi connectivity index (χ3n) is 3.02. The highest BCUT2D eigenvalue weighted by atomic mass is 19.1. The van der Waals surface area contributed by atoms with Crippen LogP contribution in [0.25, 0.3) is 11.3 Å². The predicted molar refractivity (Wildman–Crippen MR) is 72.3 cm³/mol. The number of benzene rings is 1. The van der Waals surface area contributed by atoms with Crippen molar-refractivity contribution in [3.63, 3.8) is 0 Å². The van der Waals surface area contributed by atoms with E-state index in [0.29, 0.717) is 11.4 Å². The number of nitrogens with zero attached hydrogens (tertiary/aromatic N) is 3. The van der Waals surface area contributed by atoms with E-state index in [9.17, 15) is 9.18 Å². The largest absolute Gasteiger partial charge is 0.299 e. The van der Waals surface area contributed by atoms with Crippen LogP contribution in [0.3, 0.4) is 0 Å². The van der Waals surface area contributed by atoms with Crippen molar-refractivity contribution >= 4 is 0 Å². The van der Waals surface area contributed by atoms with Crippen LogP contribution in [-0.2, 0) is 7.05 Å². The third kappa shape index (κ3) is 2.06. The number of terminal acetylenes is 1. The summed E-state index contributed by atoms with van der Waals surface area (Å²) >= 11 is 0. The minimum absolute atomic E-state index is 0.0715. The van der Waals surface area contributed by atoms with Gasteiger partial charge in [-0.3, -0.25) is 9.36 Å². The van der Waals surface area contributed by atoms with Crippen molar-refractivity contribution < 1.29 is 4.39 Å². The Morgan fingerprint density at radius 2 is 2.15 bits per heavy atom. The Labute approximate surface area is 115 Å². The molecule has 2 aromatic rings. The van der Waals surface area contributed by atoms with Gasteiger partial charge in [-0.15, -0.1) is 6.42 Å². The quantitative estimate of drug-likeness (QED) is 0.739. The third-order valence-corrected chi connectivity index (χ3v) is 3.02. The van der Waals surface area contributed by atoms with Crippen molar-refractivity contribution in [3.05, 3.63) is 51.3 Å². The minimum atomic E-state index is -0.673. The lowest BCUT2D eigenvalue weighted by Crippen LogP contribution is -2.24. The molecule has 0 aliphatic carbocycles. The molecule has 98 valence electrons. The topological polar surface area (TPSA) is 58.7 Å². The molecule has 0 aliphatic heterocycles. The molecule has 0 saturated heterocycles. The molecule has 5 heteroatoms. The Morgan fingerprint density at radius 3 is 2.70 bits per heavy atom. The molecule has 0 atom stereocenters. The van der Waals surface area contributed by atoms with Gasteiger partial charge in [0.25, 0.3) is 5.56 Å². The SMILES string of the molecule is C#Cc1c(-c2ccc(C#N)c(F)c2)nc(C)n(C)c1=O. The van der Waals surface area contributed by atoms with Crippen LogP contribution in [0.1, 0.15) is 17.0 Å². The first-order valence-corrected chi connectivity index (χ1v) is 5.74. The van der Waals surface area contributed by atoms with Crippen LogP contribution in [0, 0.1) is 36.4 Å². The highest BCUT2D eigenvalue weighted by Gasteiger charge is 2.14. The van der Waals surface area contributed by atoms with Crippen molar-refractivity contribution in [3.8, 4) is 29.7 Å². The first kappa shape index (κ1) is 13.5. The van der Waals surface area contributed by atoms with Crippen molar-refractivity contribution in [2.45, 2.75) is 6.92 Å². The van der Waals surface area contributed by atoms with Crippen LogP contribution in [0.5, 0.6) is 0 Å². The fraction of sp³-hybridized carbons (Fsp3) is 0.133. The average Bonchev–Trinajstić information content (AvgIpc) is 2.44. The molecular formula is C15H10FN3O. The van der Waals surface area contributed by atoms with Gasteiger partial charge in [-0.1, -0.05) is 12.0 Å². The van der Waals surface area contributed by atoms with Gasteiger partial charge in [0, 0.05) is 12.6 Å². The molecule has 0 spiro atoms. The van der Waals surface area contributed by atoms with E-state index >= 15 is 0 Å². The van der Waals surface area contributed by atoms with E-state index in [-0.39, 0.29) is 22.4 Å². The molecule has 2 rings (SSSR count). The fourth-order valence-electron chi connectivity index (χ4n) is 1.80. The molecular weight excluding hydrogens is 257 g/mol. The number of rotatable bonds is 1. The highest BCUT2D eigenvalue weighted by molar-refractivity contribution is 5.67. The molecule has 20 heavy (non-hydrogen) atoms. The maximum absolute atomic E-state index is 13.7. The summed E-state index contributed by atoms with van der Waals surface area (Å²) in [6.45, 7) is 1.66. The number of hydrogen-bond donors (Lipinski definition) is 0. The molecule has 0 fully saturated rings. The lowest BCUT2D eigenvalue weighted by Gasteiger charge is -2.09. The first-order valence-electron chi connectivity index (χ1n) is 5.74. The second-order valence-electron chi connectivity index (χ2n) is 4.20. The van der Waals surface area contributed by atoms with Gasteiger partial charge in [0.15, 0.2) is 0 Å². The van der Waals surface area contributed by atoms with E-state index in [1.54, 1.807) is 20.0 Å². The standard InChI is InChI=1S/C15H10FN3O/c1-4-12-14(18-9(2)19(3)15(12)20)10-5-6-11(8-17)13(16)7-10/h1,5-7H,2-3H3. The summed E-state index contributed by atoms with van der Waals surface area (Å²) in [7, 11) is 1.56. The van der Waals surface area contributed by atoms with Gasteiger partial charge in [0.2, 0.25) is 0 Å². The fourth-order valence-corrected chi connectivity index (χ4v) is 1.80. The van der Waals surface area contributed by atoms with E-state index in [4.69, 9.17) is 11.7 Å². The van der Waals surface area contributed by atoms with Crippen molar-refractivity contribution in [1.29, 1.82) is 5.26 Å². The Kier molecular flexibility index (Phi) is 3.37. The van der Waals surface area contributed by atoms with E-state index in [2.05, 4.69) is 10.9 Å². The van der Waals surface area contributed by atoms with Crippen LogP contribution in [-0.4, -0.2) is 9.55 Å². The van der Waals surface area contributed by atoms with Gasteiger partial charge in [-0.25, -0.2) is 9.37 Å². The number of nitriles is 1. The average molecular weight is 267 g/mol. The lowest BCUT2D eigenvalue weighted by atomic mass is 10.0. The highest BCUT2D eigenvalue weighted by Crippen LogP contribution is 2.21. The summed E-state index contributed by atoms with van der Waals surface area (Å²) in [5.74, 6) is 2.09. The number of aromatic nitrogens is 2. The Hall–Kier alpha value is -2.92. The van der Waals surface area contributed by atoms with Gasteiger partial charge in [0.1, 0.15) is 23.3 Å². The van der Waals surface area contributed by atoms with Crippen LogP contribution in [0.2, 0.25) is 0 Å². The Bertz CT molecular complexity index is 838. The lowest BCUT2D eigenvalue weighted by molar-refractivity contribution is 0.624. The Balaban J connectivity index is 2.78.